The van der Waals surface area contributed by atoms with E-state index in [-0.39, 0.29) is 0 Å². The van der Waals surface area contributed by atoms with Crippen LogP contribution in [0.5, 0.6) is 5.75 Å². The van der Waals surface area contributed by atoms with Crippen molar-refractivity contribution in [1.82, 2.24) is 0 Å². The van der Waals surface area contributed by atoms with Gasteiger partial charge in [0.05, 0.1) is 18.1 Å². The second-order valence-electron chi connectivity index (χ2n) is 3.68. The van der Waals surface area contributed by atoms with E-state index in [2.05, 4.69) is 5.32 Å². The first kappa shape index (κ1) is 11.1. The Bertz CT molecular complexity index is 433. The molecule has 0 spiro atoms. The van der Waals surface area contributed by atoms with Crippen molar-refractivity contribution >= 4 is 23.3 Å². The van der Waals surface area contributed by atoms with Gasteiger partial charge in [-0.25, -0.2) is 0 Å². The predicted octanol–water partition coefficient (Wildman–Crippen LogP) is 2.33. The lowest BCUT2D eigenvalue weighted by atomic mass is 9.91. The molecule has 1 aliphatic heterocycles. The number of hydrogen-bond donors (Lipinski definition) is 2. The molecule has 0 radical (unpaired) electrons. The highest BCUT2D eigenvalue weighted by Crippen LogP contribution is 2.38. The lowest BCUT2D eigenvalue weighted by Gasteiger charge is -2.24. The third-order valence-electron chi connectivity index (χ3n) is 2.75. The Kier molecular flexibility index (Phi) is 2.92. The summed E-state index contributed by atoms with van der Waals surface area (Å²) in [6.07, 6.45) is 0.577. The molecule has 1 heterocycles. The van der Waals surface area contributed by atoms with Crippen LogP contribution >= 0.6 is 11.6 Å². The summed E-state index contributed by atoms with van der Waals surface area (Å²) < 4.78 is 5.09. The maximum absolute atomic E-state index is 11.1. The number of methoxy groups -OCH3 is 1. The van der Waals surface area contributed by atoms with E-state index in [9.17, 15) is 4.79 Å². The molecule has 2 N–H and O–H groups in total. The van der Waals surface area contributed by atoms with Gasteiger partial charge in [-0.15, -0.1) is 0 Å². The van der Waals surface area contributed by atoms with Crippen LogP contribution in [0.1, 0.15) is 17.9 Å². The Morgan fingerprint density at radius 1 is 1.62 bits per heavy atom. The maximum atomic E-state index is 11.1. The molecule has 1 aromatic carbocycles. The molecule has 16 heavy (non-hydrogen) atoms. The van der Waals surface area contributed by atoms with E-state index in [0.717, 1.165) is 11.3 Å². The van der Waals surface area contributed by atoms with Crippen molar-refractivity contribution in [2.45, 2.75) is 12.3 Å². The zero-order valence-corrected chi connectivity index (χ0v) is 9.54. The minimum atomic E-state index is -0.813. The van der Waals surface area contributed by atoms with Crippen LogP contribution in [0.4, 0.5) is 5.69 Å². The molecule has 0 aliphatic carbocycles. The molecule has 4 nitrogen and oxygen atoms in total. The van der Waals surface area contributed by atoms with Crippen molar-refractivity contribution in [3.63, 3.8) is 0 Å². The van der Waals surface area contributed by atoms with Gasteiger partial charge in [-0.05, 0) is 24.1 Å². The molecule has 1 aliphatic rings. The van der Waals surface area contributed by atoms with Crippen LogP contribution in [0.3, 0.4) is 0 Å². The van der Waals surface area contributed by atoms with Crippen molar-refractivity contribution in [1.29, 1.82) is 0 Å². The summed E-state index contributed by atoms with van der Waals surface area (Å²) in [5.74, 6) is -0.787. The highest BCUT2D eigenvalue weighted by Gasteiger charge is 2.27. The van der Waals surface area contributed by atoms with Crippen LogP contribution < -0.4 is 10.1 Å². The van der Waals surface area contributed by atoms with Crippen LogP contribution in [0.25, 0.3) is 0 Å². The third-order valence-corrected chi connectivity index (χ3v) is 3.04. The van der Waals surface area contributed by atoms with Gasteiger partial charge < -0.3 is 15.2 Å². The van der Waals surface area contributed by atoms with Gasteiger partial charge in [0, 0.05) is 12.2 Å². The topological polar surface area (TPSA) is 58.6 Å². The number of nitrogens with one attached hydrogen (secondary N) is 1. The summed E-state index contributed by atoms with van der Waals surface area (Å²) in [7, 11) is 1.51. The van der Waals surface area contributed by atoms with Gasteiger partial charge in [0.25, 0.3) is 0 Å². The molecular weight excluding hydrogens is 230 g/mol. The SMILES string of the molecule is COc1cc2c(cc1Cl)NCCC2C(=O)O. The molecule has 0 aromatic heterocycles. The monoisotopic (exact) mass is 241 g/mol. The Morgan fingerprint density at radius 2 is 2.38 bits per heavy atom. The zero-order chi connectivity index (χ0) is 11.7. The molecule has 0 amide bonds. The second-order valence-corrected chi connectivity index (χ2v) is 4.09. The fraction of sp³-hybridized carbons (Fsp3) is 0.364. The summed E-state index contributed by atoms with van der Waals surface area (Å²) >= 11 is 5.98. The minimum absolute atomic E-state index is 0.484. The van der Waals surface area contributed by atoms with Crippen molar-refractivity contribution in [3.8, 4) is 5.75 Å². The van der Waals surface area contributed by atoms with Gasteiger partial charge in [-0.1, -0.05) is 11.6 Å². The van der Waals surface area contributed by atoms with Gasteiger partial charge in [0.15, 0.2) is 0 Å². The summed E-state index contributed by atoms with van der Waals surface area (Å²) in [6, 6.07) is 3.41. The highest BCUT2D eigenvalue weighted by molar-refractivity contribution is 6.32. The van der Waals surface area contributed by atoms with Gasteiger partial charge in [0.2, 0.25) is 0 Å². The largest absolute Gasteiger partial charge is 0.495 e. The molecule has 0 fully saturated rings. The number of hydrogen-bond acceptors (Lipinski definition) is 3. The van der Waals surface area contributed by atoms with Crippen molar-refractivity contribution < 1.29 is 14.6 Å². The lowest BCUT2D eigenvalue weighted by Crippen LogP contribution is -2.22. The van der Waals surface area contributed by atoms with E-state index in [1.54, 1.807) is 12.1 Å². The van der Waals surface area contributed by atoms with Crippen molar-refractivity contribution in [3.05, 3.63) is 22.7 Å². The number of benzene rings is 1. The lowest BCUT2D eigenvalue weighted by molar-refractivity contribution is -0.138. The van der Waals surface area contributed by atoms with Crippen LogP contribution in [0.2, 0.25) is 5.02 Å². The van der Waals surface area contributed by atoms with Crippen LogP contribution in [-0.4, -0.2) is 24.7 Å². The maximum Gasteiger partial charge on any atom is 0.311 e. The number of carboxylic acids is 1. The molecule has 5 heteroatoms. The normalized spacial score (nSPS) is 18.5. The quantitative estimate of drug-likeness (QED) is 0.834. The fourth-order valence-corrected chi connectivity index (χ4v) is 2.17. The Morgan fingerprint density at radius 3 is 3.00 bits per heavy atom. The number of carbonyl (C=O) groups is 1. The Labute approximate surface area is 98.2 Å². The number of anilines is 1. The second kappa shape index (κ2) is 4.22. The molecular formula is C11H12ClNO3. The Balaban J connectivity index is 2.50. The highest BCUT2D eigenvalue weighted by atomic mass is 35.5. The van der Waals surface area contributed by atoms with E-state index in [4.69, 9.17) is 21.4 Å². The smallest absolute Gasteiger partial charge is 0.311 e. The number of aliphatic carboxylic acids is 1. The molecule has 0 saturated heterocycles. The van der Waals surface area contributed by atoms with Crippen molar-refractivity contribution in [2.75, 3.05) is 19.0 Å². The molecule has 2 rings (SSSR count). The summed E-state index contributed by atoms with van der Waals surface area (Å²) in [6.45, 7) is 0.645. The van der Waals surface area contributed by atoms with Crippen LogP contribution in [-0.2, 0) is 4.79 Å². The molecule has 0 bridgehead atoms. The van der Waals surface area contributed by atoms with E-state index < -0.39 is 11.9 Å². The number of halogens is 1. The Hall–Kier alpha value is -1.42. The number of rotatable bonds is 2. The molecule has 1 aromatic rings. The number of fused-ring (bicyclic) bond motifs is 1. The summed E-state index contributed by atoms with van der Waals surface area (Å²) in [5, 5.41) is 12.7. The first-order valence-corrected chi connectivity index (χ1v) is 5.35. The van der Waals surface area contributed by atoms with Crippen LogP contribution in [0.15, 0.2) is 12.1 Å². The first-order chi connectivity index (χ1) is 7.63. The molecule has 0 saturated carbocycles. The summed E-state index contributed by atoms with van der Waals surface area (Å²) in [5.41, 5.74) is 1.52. The van der Waals surface area contributed by atoms with Gasteiger partial charge >= 0.3 is 5.97 Å². The van der Waals surface area contributed by atoms with E-state index in [1.165, 1.54) is 7.11 Å². The molecule has 1 unspecified atom stereocenters. The van der Waals surface area contributed by atoms with Crippen molar-refractivity contribution in [2.24, 2.45) is 0 Å². The van der Waals surface area contributed by atoms with Crippen LogP contribution in [0, 0.1) is 0 Å². The average molecular weight is 242 g/mol. The van der Waals surface area contributed by atoms with Gasteiger partial charge in [-0.3, -0.25) is 4.79 Å². The molecule has 86 valence electrons. The standard InChI is InChI=1S/C11H12ClNO3/c1-16-10-4-7-6(11(14)15)2-3-13-9(7)5-8(10)12/h4-6,13H,2-3H2,1H3,(H,14,15). The third kappa shape index (κ3) is 1.80. The van der Waals surface area contributed by atoms with Gasteiger partial charge in [-0.2, -0.15) is 0 Å². The number of carboxylic acid groups (broad SMARTS) is 1. The predicted molar refractivity (Wildman–Crippen MR) is 61.5 cm³/mol. The zero-order valence-electron chi connectivity index (χ0n) is 8.79. The average Bonchev–Trinajstić information content (AvgIpc) is 2.26. The van der Waals surface area contributed by atoms with E-state index in [1.807, 2.05) is 0 Å². The van der Waals surface area contributed by atoms with E-state index >= 15 is 0 Å². The van der Waals surface area contributed by atoms with Gasteiger partial charge in [0.1, 0.15) is 5.75 Å². The first-order valence-electron chi connectivity index (χ1n) is 4.97. The number of ether oxygens (including phenoxy) is 1. The minimum Gasteiger partial charge on any atom is -0.495 e. The summed E-state index contributed by atoms with van der Waals surface area (Å²) in [4.78, 5) is 11.1. The molecule has 1 atom stereocenters. The fourth-order valence-electron chi connectivity index (χ4n) is 1.93. The van der Waals surface area contributed by atoms with E-state index in [0.29, 0.717) is 23.7 Å².